The Labute approximate surface area is 153 Å². The summed E-state index contributed by atoms with van der Waals surface area (Å²) >= 11 is 0. The van der Waals surface area contributed by atoms with E-state index in [4.69, 9.17) is 9.47 Å². The molecule has 0 unspecified atom stereocenters. The Balaban J connectivity index is 2.20. The average Bonchev–Trinajstić information content (AvgIpc) is 2.61. The smallest absolute Gasteiger partial charge is 0.262 e. The first kappa shape index (κ1) is 19.6. The van der Waals surface area contributed by atoms with Gasteiger partial charge in [0, 0.05) is 7.05 Å². The molecule has 0 spiro atoms. The number of amides is 1. The quantitative estimate of drug-likeness (QED) is 0.771. The topological polar surface area (TPSA) is 93.7 Å². The van der Waals surface area contributed by atoms with Crippen molar-refractivity contribution >= 4 is 21.6 Å². The van der Waals surface area contributed by atoms with E-state index in [1.54, 1.807) is 19.1 Å². The van der Waals surface area contributed by atoms with Crippen molar-refractivity contribution in [2.75, 3.05) is 18.9 Å². The van der Waals surface area contributed by atoms with Crippen molar-refractivity contribution in [1.82, 2.24) is 5.32 Å². The highest BCUT2D eigenvalue weighted by atomic mass is 32.2. The summed E-state index contributed by atoms with van der Waals surface area (Å²) in [7, 11) is -0.802. The van der Waals surface area contributed by atoms with Gasteiger partial charge in [0.2, 0.25) is 0 Å². The fourth-order valence-corrected chi connectivity index (χ4v) is 3.32. The molecule has 2 N–H and O–H groups in total. The summed E-state index contributed by atoms with van der Waals surface area (Å²) in [6.07, 6.45) is -0.683. The maximum atomic E-state index is 12.6. The van der Waals surface area contributed by atoms with Gasteiger partial charge in [0.1, 0.15) is 11.5 Å². The molecular formula is C18H22N2O5S. The molecule has 1 amide bonds. The number of anilines is 1. The van der Waals surface area contributed by atoms with Gasteiger partial charge in [-0.15, -0.1) is 0 Å². The Kier molecular flexibility index (Phi) is 6.10. The molecule has 7 nitrogen and oxygen atoms in total. The monoisotopic (exact) mass is 378 g/mol. The highest BCUT2D eigenvalue weighted by Gasteiger charge is 2.18. The van der Waals surface area contributed by atoms with Crippen LogP contribution < -0.4 is 19.5 Å². The second kappa shape index (κ2) is 8.09. The fourth-order valence-electron chi connectivity index (χ4n) is 2.26. The van der Waals surface area contributed by atoms with E-state index in [1.807, 2.05) is 13.0 Å². The minimum atomic E-state index is -3.79. The Morgan fingerprint density at radius 3 is 2.35 bits per heavy atom. The number of hydrogen-bond donors (Lipinski definition) is 2. The summed E-state index contributed by atoms with van der Waals surface area (Å²) < 4.78 is 38.4. The third-order valence-electron chi connectivity index (χ3n) is 3.66. The molecule has 0 aromatic heterocycles. The zero-order chi connectivity index (χ0) is 19.3. The lowest BCUT2D eigenvalue weighted by Gasteiger charge is -2.14. The number of ether oxygens (including phenoxy) is 2. The van der Waals surface area contributed by atoms with Crippen LogP contribution in [-0.4, -0.2) is 34.6 Å². The third-order valence-corrected chi connectivity index (χ3v) is 5.04. The van der Waals surface area contributed by atoms with Crippen molar-refractivity contribution < 1.29 is 22.7 Å². The Morgan fingerprint density at radius 2 is 1.77 bits per heavy atom. The third kappa shape index (κ3) is 4.66. The Morgan fingerprint density at radius 1 is 1.12 bits per heavy atom. The largest absolute Gasteiger partial charge is 0.495 e. The van der Waals surface area contributed by atoms with Gasteiger partial charge in [0.25, 0.3) is 15.9 Å². The van der Waals surface area contributed by atoms with Crippen LogP contribution in [0.4, 0.5) is 5.69 Å². The molecule has 0 fully saturated rings. The van der Waals surface area contributed by atoms with Gasteiger partial charge < -0.3 is 14.8 Å². The lowest BCUT2D eigenvalue weighted by atomic mass is 10.2. The first-order chi connectivity index (χ1) is 12.3. The molecule has 0 aliphatic carbocycles. The van der Waals surface area contributed by atoms with Crippen molar-refractivity contribution in [3.8, 4) is 11.5 Å². The second-order valence-corrected chi connectivity index (χ2v) is 7.34. The van der Waals surface area contributed by atoms with Crippen molar-refractivity contribution in [2.24, 2.45) is 0 Å². The molecule has 1 atom stereocenters. The van der Waals surface area contributed by atoms with Crippen LogP contribution in [-0.2, 0) is 14.8 Å². The van der Waals surface area contributed by atoms with Crippen LogP contribution in [0.15, 0.2) is 47.4 Å². The number of aryl methyl sites for hydroxylation is 1. The van der Waals surface area contributed by atoms with E-state index in [9.17, 15) is 13.2 Å². The summed E-state index contributed by atoms with van der Waals surface area (Å²) in [5, 5.41) is 2.48. The molecule has 0 radical (unpaired) electrons. The van der Waals surface area contributed by atoms with Crippen molar-refractivity contribution in [1.29, 1.82) is 0 Å². The molecular weight excluding hydrogens is 356 g/mol. The number of likely N-dealkylation sites (N-methyl/N-ethyl adjacent to an activating group) is 1. The summed E-state index contributed by atoms with van der Waals surface area (Å²) in [5.41, 5.74) is 1.26. The first-order valence-corrected chi connectivity index (χ1v) is 9.41. The molecule has 0 heterocycles. The average molecular weight is 378 g/mol. The van der Waals surface area contributed by atoms with Crippen LogP contribution in [0.1, 0.15) is 12.5 Å². The molecule has 2 aromatic carbocycles. The van der Waals surface area contributed by atoms with E-state index in [1.165, 1.54) is 38.4 Å². The van der Waals surface area contributed by atoms with Crippen LogP contribution in [0, 0.1) is 6.92 Å². The van der Waals surface area contributed by atoms with E-state index < -0.39 is 16.1 Å². The van der Waals surface area contributed by atoms with Crippen LogP contribution in [0.3, 0.4) is 0 Å². The van der Waals surface area contributed by atoms with E-state index in [0.717, 1.165) is 5.56 Å². The molecule has 0 saturated heterocycles. The van der Waals surface area contributed by atoms with Gasteiger partial charge in [0.15, 0.2) is 6.10 Å². The van der Waals surface area contributed by atoms with Crippen LogP contribution in [0.2, 0.25) is 0 Å². The number of hydrogen-bond acceptors (Lipinski definition) is 5. The Bertz CT molecular complexity index is 879. The van der Waals surface area contributed by atoms with Crippen LogP contribution >= 0.6 is 0 Å². The van der Waals surface area contributed by atoms with Crippen molar-refractivity contribution in [2.45, 2.75) is 24.8 Å². The standard InChI is InChI=1S/C18H22N2O5S/c1-12-5-10-17(24-4)16(11-12)20-26(22,23)15-8-6-14(7-9-15)25-13(2)18(21)19-3/h5-11,13,20H,1-4H3,(H,19,21)/t13-/m1/s1. The number of sulfonamides is 1. The number of methoxy groups -OCH3 is 1. The molecule has 140 valence electrons. The summed E-state index contributed by atoms with van der Waals surface area (Å²) in [6.45, 7) is 3.46. The van der Waals surface area contributed by atoms with Gasteiger partial charge in [0.05, 0.1) is 17.7 Å². The first-order valence-electron chi connectivity index (χ1n) is 7.92. The highest BCUT2D eigenvalue weighted by molar-refractivity contribution is 7.92. The predicted octanol–water partition coefficient (Wildman–Crippen LogP) is 2.32. The SMILES string of the molecule is CNC(=O)[C@@H](C)Oc1ccc(S(=O)(=O)Nc2cc(C)ccc2OC)cc1. The zero-order valence-electron chi connectivity index (χ0n) is 15.1. The fraction of sp³-hybridized carbons (Fsp3) is 0.278. The molecule has 2 aromatic rings. The molecule has 8 heteroatoms. The van der Waals surface area contributed by atoms with Gasteiger partial charge in [-0.1, -0.05) is 6.07 Å². The minimum absolute atomic E-state index is 0.0704. The minimum Gasteiger partial charge on any atom is -0.495 e. The number of benzene rings is 2. The number of rotatable bonds is 7. The van der Waals surface area contributed by atoms with Gasteiger partial charge in [-0.3, -0.25) is 9.52 Å². The van der Waals surface area contributed by atoms with Gasteiger partial charge in [-0.05, 0) is 55.8 Å². The number of carbonyl (C=O) groups is 1. The van der Waals surface area contributed by atoms with E-state index in [-0.39, 0.29) is 10.8 Å². The lowest BCUT2D eigenvalue weighted by Crippen LogP contribution is -2.33. The van der Waals surface area contributed by atoms with E-state index in [0.29, 0.717) is 17.2 Å². The van der Waals surface area contributed by atoms with Gasteiger partial charge >= 0.3 is 0 Å². The van der Waals surface area contributed by atoms with Crippen LogP contribution in [0.5, 0.6) is 11.5 Å². The maximum absolute atomic E-state index is 12.6. The summed E-state index contributed by atoms with van der Waals surface area (Å²) in [4.78, 5) is 11.5. The van der Waals surface area contributed by atoms with Gasteiger partial charge in [-0.2, -0.15) is 0 Å². The molecule has 26 heavy (non-hydrogen) atoms. The summed E-state index contributed by atoms with van der Waals surface area (Å²) in [5.74, 6) is 0.557. The van der Waals surface area contributed by atoms with E-state index >= 15 is 0 Å². The lowest BCUT2D eigenvalue weighted by molar-refractivity contribution is -0.126. The molecule has 2 rings (SSSR count). The van der Waals surface area contributed by atoms with Crippen molar-refractivity contribution in [3.05, 3.63) is 48.0 Å². The van der Waals surface area contributed by atoms with E-state index in [2.05, 4.69) is 10.0 Å². The number of carbonyl (C=O) groups excluding carboxylic acids is 1. The van der Waals surface area contributed by atoms with Crippen molar-refractivity contribution in [3.63, 3.8) is 0 Å². The predicted molar refractivity (Wildman–Crippen MR) is 99.1 cm³/mol. The normalized spacial score (nSPS) is 12.2. The molecule has 0 saturated carbocycles. The van der Waals surface area contributed by atoms with Crippen LogP contribution in [0.25, 0.3) is 0 Å². The number of nitrogens with one attached hydrogen (secondary N) is 2. The van der Waals surface area contributed by atoms with Gasteiger partial charge in [-0.25, -0.2) is 8.42 Å². The molecule has 0 aliphatic rings. The highest BCUT2D eigenvalue weighted by Crippen LogP contribution is 2.28. The zero-order valence-corrected chi connectivity index (χ0v) is 15.9. The Hall–Kier alpha value is -2.74. The molecule has 0 bridgehead atoms. The summed E-state index contributed by atoms with van der Waals surface area (Å²) in [6, 6.07) is 11.1. The molecule has 0 aliphatic heterocycles. The second-order valence-electron chi connectivity index (χ2n) is 5.65. The maximum Gasteiger partial charge on any atom is 0.262 e.